The fraction of sp³-hybridized carbons (Fsp3) is 0.667. The van der Waals surface area contributed by atoms with E-state index in [1.54, 1.807) is 0 Å². The van der Waals surface area contributed by atoms with E-state index in [0.717, 1.165) is 24.5 Å². The van der Waals surface area contributed by atoms with Gasteiger partial charge in [-0.1, -0.05) is 6.42 Å². The maximum Gasteiger partial charge on any atom is 0.218 e. The van der Waals surface area contributed by atoms with Crippen LogP contribution in [0.25, 0.3) is 0 Å². The standard InChI is InChI=1S/C12H19N3O/c1-9-14-11(13-2)8-12(15-9)16-10-6-4-3-5-7-10/h8,10H,3-7H2,1-2H3,(H,13,14,15). The van der Waals surface area contributed by atoms with Gasteiger partial charge >= 0.3 is 0 Å². The summed E-state index contributed by atoms with van der Waals surface area (Å²) in [6.07, 6.45) is 6.52. The summed E-state index contributed by atoms with van der Waals surface area (Å²) in [6.45, 7) is 1.88. The van der Waals surface area contributed by atoms with Crippen molar-refractivity contribution in [1.29, 1.82) is 0 Å². The molecule has 4 heteroatoms. The van der Waals surface area contributed by atoms with Crippen molar-refractivity contribution in [1.82, 2.24) is 9.97 Å². The fourth-order valence-corrected chi connectivity index (χ4v) is 2.08. The van der Waals surface area contributed by atoms with Crippen LogP contribution in [-0.4, -0.2) is 23.1 Å². The molecule has 0 spiro atoms. The van der Waals surface area contributed by atoms with Crippen LogP contribution in [0.5, 0.6) is 5.88 Å². The highest BCUT2D eigenvalue weighted by atomic mass is 16.5. The van der Waals surface area contributed by atoms with Crippen LogP contribution in [0.3, 0.4) is 0 Å². The number of aromatic nitrogens is 2. The third-order valence-electron chi connectivity index (χ3n) is 2.91. The first-order valence-electron chi connectivity index (χ1n) is 5.98. The molecule has 1 N–H and O–H groups in total. The van der Waals surface area contributed by atoms with Gasteiger partial charge in [-0.3, -0.25) is 0 Å². The lowest BCUT2D eigenvalue weighted by Gasteiger charge is -2.22. The number of aryl methyl sites for hydroxylation is 1. The molecule has 0 atom stereocenters. The topological polar surface area (TPSA) is 47.0 Å². The maximum absolute atomic E-state index is 5.89. The van der Waals surface area contributed by atoms with Crippen molar-refractivity contribution in [3.63, 3.8) is 0 Å². The zero-order chi connectivity index (χ0) is 11.4. The molecule has 0 saturated heterocycles. The van der Waals surface area contributed by atoms with E-state index in [1.165, 1.54) is 19.3 Å². The third kappa shape index (κ3) is 2.84. The lowest BCUT2D eigenvalue weighted by Crippen LogP contribution is -2.20. The first kappa shape index (κ1) is 11.2. The van der Waals surface area contributed by atoms with Crippen LogP contribution < -0.4 is 10.1 Å². The number of ether oxygens (including phenoxy) is 1. The molecule has 0 amide bonds. The molecular weight excluding hydrogens is 202 g/mol. The van der Waals surface area contributed by atoms with Crippen LogP contribution in [0.2, 0.25) is 0 Å². The molecule has 0 aliphatic heterocycles. The molecule has 1 aromatic rings. The molecule has 0 aromatic carbocycles. The second kappa shape index (κ2) is 5.14. The minimum absolute atomic E-state index is 0.341. The van der Waals surface area contributed by atoms with Gasteiger partial charge in [0.05, 0.1) is 0 Å². The van der Waals surface area contributed by atoms with Gasteiger partial charge in [-0.05, 0) is 32.6 Å². The van der Waals surface area contributed by atoms with E-state index in [4.69, 9.17) is 4.74 Å². The second-order valence-corrected chi connectivity index (χ2v) is 4.27. The van der Waals surface area contributed by atoms with Crippen LogP contribution in [0, 0.1) is 6.92 Å². The largest absolute Gasteiger partial charge is 0.474 e. The lowest BCUT2D eigenvalue weighted by atomic mass is 9.98. The number of hydrogen-bond acceptors (Lipinski definition) is 4. The Morgan fingerprint density at radius 1 is 1.25 bits per heavy atom. The summed E-state index contributed by atoms with van der Waals surface area (Å²) in [7, 11) is 1.85. The number of anilines is 1. The van der Waals surface area contributed by atoms with Gasteiger partial charge in [-0.2, -0.15) is 4.98 Å². The van der Waals surface area contributed by atoms with Gasteiger partial charge in [0.15, 0.2) is 0 Å². The Bertz CT molecular complexity index is 348. The van der Waals surface area contributed by atoms with Gasteiger partial charge in [0, 0.05) is 13.1 Å². The van der Waals surface area contributed by atoms with Crippen molar-refractivity contribution in [3.8, 4) is 5.88 Å². The zero-order valence-electron chi connectivity index (χ0n) is 9.99. The Morgan fingerprint density at radius 3 is 2.69 bits per heavy atom. The van der Waals surface area contributed by atoms with E-state index in [1.807, 2.05) is 20.0 Å². The lowest BCUT2D eigenvalue weighted by molar-refractivity contribution is 0.148. The first-order valence-corrected chi connectivity index (χ1v) is 5.98. The van der Waals surface area contributed by atoms with Crippen molar-refractivity contribution in [2.75, 3.05) is 12.4 Å². The highest BCUT2D eigenvalue weighted by Crippen LogP contribution is 2.23. The van der Waals surface area contributed by atoms with Crippen molar-refractivity contribution < 1.29 is 4.74 Å². The molecule has 0 bridgehead atoms. The molecule has 0 radical (unpaired) electrons. The number of rotatable bonds is 3. The predicted octanol–water partition coefficient (Wildman–Crippen LogP) is 2.54. The quantitative estimate of drug-likeness (QED) is 0.852. The van der Waals surface area contributed by atoms with Crippen molar-refractivity contribution >= 4 is 5.82 Å². The van der Waals surface area contributed by atoms with E-state index in [2.05, 4.69) is 15.3 Å². The molecule has 1 aliphatic rings. The molecule has 4 nitrogen and oxygen atoms in total. The Balaban J connectivity index is 2.04. The molecule has 1 aliphatic carbocycles. The van der Waals surface area contributed by atoms with Crippen LogP contribution in [0.15, 0.2) is 6.07 Å². The Labute approximate surface area is 96.4 Å². The summed E-state index contributed by atoms with van der Waals surface area (Å²) in [5.74, 6) is 2.26. The number of nitrogens with zero attached hydrogens (tertiary/aromatic N) is 2. The normalized spacial score (nSPS) is 17.1. The van der Waals surface area contributed by atoms with Gasteiger partial charge in [-0.25, -0.2) is 4.98 Å². The SMILES string of the molecule is CNc1cc(OC2CCCCC2)nc(C)n1. The van der Waals surface area contributed by atoms with E-state index in [-0.39, 0.29) is 0 Å². The summed E-state index contributed by atoms with van der Waals surface area (Å²) < 4.78 is 5.89. The van der Waals surface area contributed by atoms with Crippen LogP contribution in [0.1, 0.15) is 37.9 Å². The van der Waals surface area contributed by atoms with Gasteiger partial charge in [0.25, 0.3) is 0 Å². The number of nitrogens with one attached hydrogen (secondary N) is 1. The van der Waals surface area contributed by atoms with Crippen molar-refractivity contribution in [3.05, 3.63) is 11.9 Å². The summed E-state index contributed by atoms with van der Waals surface area (Å²) in [6, 6.07) is 1.86. The highest BCUT2D eigenvalue weighted by molar-refractivity contribution is 5.37. The summed E-state index contributed by atoms with van der Waals surface area (Å²) in [4.78, 5) is 8.55. The minimum atomic E-state index is 0.341. The van der Waals surface area contributed by atoms with Crippen molar-refractivity contribution in [2.24, 2.45) is 0 Å². The molecule has 88 valence electrons. The van der Waals surface area contributed by atoms with Crippen LogP contribution >= 0.6 is 0 Å². The average Bonchev–Trinajstić information content (AvgIpc) is 2.29. The van der Waals surface area contributed by atoms with Gasteiger partial charge in [0.1, 0.15) is 17.7 Å². The number of hydrogen-bond donors (Lipinski definition) is 1. The molecular formula is C12H19N3O. The zero-order valence-corrected chi connectivity index (χ0v) is 9.99. The molecule has 0 unspecified atom stereocenters. The molecule has 1 saturated carbocycles. The van der Waals surface area contributed by atoms with Gasteiger partial charge in [0.2, 0.25) is 5.88 Å². The van der Waals surface area contributed by atoms with E-state index in [9.17, 15) is 0 Å². The summed E-state index contributed by atoms with van der Waals surface area (Å²) >= 11 is 0. The first-order chi connectivity index (χ1) is 7.78. The maximum atomic E-state index is 5.89. The molecule has 1 fully saturated rings. The molecule has 16 heavy (non-hydrogen) atoms. The molecule has 1 aromatic heterocycles. The average molecular weight is 221 g/mol. The minimum Gasteiger partial charge on any atom is -0.474 e. The van der Waals surface area contributed by atoms with E-state index in [0.29, 0.717) is 12.0 Å². The van der Waals surface area contributed by atoms with E-state index >= 15 is 0 Å². The Hall–Kier alpha value is -1.32. The third-order valence-corrected chi connectivity index (χ3v) is 2.91. The Morgan fingerprint density at radius 2 is 2.00 bits per heavy atom. The van der Waals surface area contributed by atoms with E-state index < -0.39 is 0 Å². The summed E-state index contributed by atoms with van der Waals surface area (Å²) in [5, 5.41) is 3.01. The van der Waals surface area contributed by atoms with Crippen LogP contribution in [0.4, 0.5) is 5.82 Å². The highest BCUT2D eigenvalue weighted by Gasteiger charge is 2.15. The predicted molar refractivity (Wildman–Crippen MR) is 63.8 cm³/mol. The van der Waals surface area contributed by atoms with Crippen LogP contribution in [-0.2, 0) is 0 Å². The molecule has 2 rings (SSSR count). The van der Waals surface area contributed by atoms with Gasteiger partial charge < -0.3 is 10.1 Å². The smallest absolute Gasteiger partial charge is 0.218 e. The monoisotopic (exact) mass is 221 g/mol. The van der Waals surface area contributed by atoms with Gasteiger partial charge in [-0.15, -0.1) is 0 Å². The fourth-order valence-electron chi connectivity index (χ4n) is 2.08. The Kier molecular flexibility index (Phi) is 3.59. The summed E-state index contributed by atoms with van der Waals surface area (Å²) in [5.41, 5.74) is 0. The second-order valence-electron chi connectivity index (χ2n) is 4.27. The van der Waals surface area contributed by atoms with Crippen molar-refractivity contribution in [2.45, 2.75) is 45.1 Å². The molecule has 1 heterocycles.